The Hall–Kier alpha value is -0.750. The van der Waals surface area contributed by atoms with Crippen LogP contribution in [-0.4, -0.2) is 42.7 Å². The number of ether oxygens (including phenoxy) is 2. The lowest BCUT2D eigenvalue weighted by Crippen LogP contribution is -2.47. The lowest BCUT2D eigenvalue weighted by molar-refractivity contribution is -0.194. The monoisotopic (exact) mass is 219 g/mol. The first-order valence-electron chi connectivity index (χ1n) is 4.29. The van der Waals surface area contributed by atoms with Crippen molar-refractivity contribution in [2.45, 2.75) is 18.6 Å². The smallest absolute Gasteiger partial charge is 0.349 e. The van der Waals surface area contributed by atoms with Gasteiger partial charge < -0.3 is 15.2 Å². The predicted octanol–water partition coefficient (Wildman–Crippen LogP) is -0.465. The Bertz CT molecular complexity index is 233. The number of hydrogen-bond acceptors (Lipinski definition) is 6. The molecule has 14 heavy (non-hydrogen) atoms. The molecular formula is C8H13NO4S. The second kappa shape index (κ2) is 5.21. The van der Waals surface area contributed by atoms with E-state index in [9.17, 15) is 9.59 Å². The fraction of sp³-hybridized carbons (Fsp3) is 0.750. The first-order valence-corrected chi connectivity index (χ1v) is 5.68. The first kappa shape index (κ1) is 11.3. The maximum absolute atomic E-state index is 11.3. The number of cyclic esters (lactones) is 2. The predicted molar refractivity (Wildman–Crippen MR) is 51.8 cm³/mol. The highest BCUT2D eigenvalue weighted by molar-refractivity contribution is 7.98. The molecule has 0 aromatic heterocycles. The van der Waals surface area contributed by atoms with Gasteiger partial charge in [-0.3, -0.25) is 0 Å². The van der Waals surface area contributed by atoms with Crippen LogP contribution in [0.4, 0.5) is 0 Å². The van der Waals surface area contributed by atoms with Crippen molar-refractivity contribution in [3.05, 3.63) is 0 Å². The number of rotatable bonds is 4. The minimum absolute atomic E-state index is 0.0280. The molecule has 0 aromatic carbocycles. The van der Waals surface area contributed by atoms with Crippen molar-refractivity contribution in [2.75, 3.05) is 18.6 Å². The quantitative estimate of drug-likeness (QED) is 0.644. The minimum atomic E-state index is -0.923. The molecule has 1 heterocycles. The second-order valence-electron chi connectivity index (χ2n) is 2.87. The van der Waals surface area contributed by atoms with Crippen LogP contribution in [0, 0.1) is 0 Å². The van der Waals surface area contributed by atoms with Crippen molar-refractivity contribution in [2.24, 2.45) is 5.73 Å². The molecule has 0 aliphatic carbocycles. The van der Waals surface area contributed by atoms with E-state index in [-0.39, 0.29) is 6.54 Å². The molecule has 1 saturated heterocycles. The maximum atomic E-state index is 11.3. The van der Waals surface area contributed by atoms with Gasteiger partial charge in [0.15, 0.2) is 6.10 Å². The lowest BCUT2D eigenvalue weighted by atomic mass is 10.2. The van der Waals surface area contributed by atoms with E-state index in [1.165, 1.54) is 0 Å². The van der Waals surface area contributed by atoms with Gasteiger partial charge in [-0.2, -0.15) is 11.8 Å². The summed E-state index contributed by atoms with van der Waals surface area (Å²) in [5.74, 6) is -0.285. The van der Waals surface area contributed by atoms with Gasteiger partial charge >= 0.3 is 11.9 Å². The summed E-state index contributed by atoms with van der Waals surface area (Å²) in [4.78, 5) is 22.4. The molecule has 1 fully saturated rings. The van der Waals surface area contributed by atoms with Gasteiger partial charge in [-0.1, -0.05) is 0 Å². The molecule has 0 saturated carbocycles. The molecule has 2 unspecified atom stereocenters. The summed E-state index contributed by atoms with van der Waals surface area (Å²) in [6, 6.07) is 0. The van der Waals surface area contributed by atoms with Crippen LogP contribution in [-0.2, 0) is 19.1 Å². The van der Waals surface area contributed by atoms with E-state index in [0.29, 0.717) is 6.42 Å². The summed E-state index contributed by atoms with van der Waals surface area (Å²) >= 11 is 1.58. The van der Waals surface area contributed by atoms with E-state index in [1.54, 1.807) is 11.8 Å². The van der Waals surface area contributed by atoms with Crippen molar-refractivity contribution >= 4 is 23.7 Å². The average molecular weight is 219 g/mol. The van der Waals surface area contributed by atoms with Gasteiger partial charge in [-0.25, -0.2) is 9.59 Å². The van der Waals surface area contributed by atoms with Crippen LogP contribution in [0.15, 0.2) is 0 Å². The molecule has 6 heteroatoms. The van der Waals surface area contributed by atoms with Crippen LogP contribution < -0.4 is 5.73 Å². The van der Waals surface area contributed by atoms with Crippen LogP contribution >= 0.6 is 11.8 Å². The Morgan fingerprint density at radius 3 is 2.43 bits per heavy atom. The molecule has 0 radical (unpaired) electrons. The third-order valence-electron chi connectivity index (χ3n) is 1.84. The molecule has 1 aliphatic heterocycles. The summed E-state index contributed by atoms with van der Waals surface area (Å²) in [7, 11) is 0. The van der Waals surface area contributed by atoms with Crippen molar-refractivity contribution in [1.82, 2.24) is 0 Å². The van der Waals surface area contributed by atoms with Gasteiger partial charge in [0.05, 0.1) is 0 Å². The third-order valence-corrected chi connectivity index (χ3v) is 2.48. The molecule has 0 bridgehead atoms. The summed E-state index contributed by atoms with van der Waals surface area (Å²) in [6.07, 6.45) is 0.729. The number of thioether (sulfide) groups is 1. The molecule has 0 aromatic rings. The van der Waals surface area contributed by atoms with Gasteiger partial charge in [0.2, 0.25) is 6.10 Å². The van der Waals surface area contributed by atoms with Gasteiger partial charge in [0.1, 0.15) is 0 Å². The van der Waals surface area contributed by atoms with E-state index < -0.39 is 24.1 Å². The normalized spacial score (nSPS) is 27.0. The van der Waals surface area contributed by atoms with E-state index in [2.05, 4.69) is 0 Å². The Morgan fingerprint density at radius 2 is 1.86 bits per heavy atom. The van der Waals surface area contributed by atoms with Crippen molar-refractivity contribution in [3.63, 3.8) is 0 Å². The number of carbonyl (C=O) groups is 2. The number of nitrogens with two attached hydrogens (primary N) is 1. The van der Waals surface area contributed by atoms with Gasteiger partial charge in [-0.15, -0.1) is 0 Å². The molecule has 2 N–H and O–H groups in total. The van der Waals surface area contributed by atoms with Gasteiger partial charge in [-0.05, 0) is 12.0 Å². The van der Waals surface area contributed by atoms with E-state index in [4.69, 9.17) is 15.2 Å². The van der Waals surface area contributed by atoms with Crippen LogP contribution in [0.2, 0.25) is 0 Å². The minimum Gasteiger partial charge on any atom is -0.448 e. The SMILES string of the molecule is CSCCC1OC(=O)C(CN)OC1=O. The largest absolute Gasteiger partial charge is 0.448 e. The Labute approximate surface area is 86.3 Å². The summed E-state index contributed by atoms with van der Waals surface area (Å²) in [6.45, 7) is -0.0280. The molecule has 2 atom stereocenters. The van der Waals surface area contributed by atoms with Crippen molar-refractivity contribution < 1.29 is 19.1 Å². The number of hydrogen-bond donors (Lipinski definition) is 1. The van der Waals surface area contributed by atoms with Gasteiger partial charge in [0.25, 0.3) is 0 Å². The summed E-state index contributed by atoms with van der Waals surface area (Å²) in [5, 5.41) is 0. The Morgan fingerprint density at radius 1 is 1.29 bits per heavy atom. The summed E-state index contributed by atoms with van der Waals surface area (Å²) < 4.78 is 9.71. The molecular weight excluding hydrogens is 206 g/mol. The Balaban J connectivity index is 2.49. The summed E-state index contributed by atoms with van der Waals surface area (Å²) in [5.41, 5.74) is 5.22. The van der Waals surface area contributed by atoms with Crippen LogP contribution in [0.25, 0.3) is 0 Å². The first-order chi connectivity index (χ1) is 6.69. The zero-order valence-electron chi connectivity index (χ0n) is 7.89. The zero-order valence-corrected chi connectivity index (χ0v) is 8.71. The average Bonchev–Trinajstić information content (AvgIpc) is 2.18. The molecule has 80 valence electrons. The standard InChI is InChI=1S/C8H13NO4S/c1-14-3-2-5-7(10)13-6(4-9)8(11)12-5/h5-6H,2-4,9H2,1H3. The maximum Gasteiger partial charge on any atom is 0.349 e. The highest BCUT2D eigenvalue weighted by Crippen LogP contribution is 2.14. The van der Waals surface area contributed by atoms with E-state index in [0.717, 1.165) is 5.75 Å². The van der Waals surface area contributed by atoms with Crippen LogP contribution in [0.3, 0.4) is 0 Å². The fourth-order valence-corrected chi connectivity index (χ4v) is 1.52. The van der Waals surface area contributed by atoms with Gasteiger partial charge in [0, 0.05) is 13.0 Å². The van der Waals surface area contributed by atoms with E-state index >= 15 is 0 Å². The number of carbonyl (C=O) groups excluding carboxylic acids is 2. The van der Waals surface area contributed by atoms with Crippen LogP contribution in [0.1, 0.15) is 6.42 Å². The molecule has 1 rings (SSSR count). The molecule has 5 nitrogen and oxygen atoms in total. The van der Waals surface area contributed by atoms with Crippen molar-refractivity contribution in [3.8, 4) is 0 Å². The third kappa shape index (κ3) is 2.62. The zero-order chi connectivity index (χ0) is 10.6. The second-order valence-corrected chi connectivity index (χ2v) is 3.85. The molecule has 1 aliphatic rings. The highest BCUT2D eigenvalue weighted by Gasteiger charge is 2.36. The Kier molecular flexibility index (Phi) is 4.21. The van der Waals surface area contributed by atoms with Crippen molar-refractivity contribution in [1.29, 1.82) is 0 Å². The topological polar surface area (TPSA) is 78.6 Å². The number of esters is 2. The highest BCUT2D eigenvalue weighted by atomic mass is 32.2. The molecule has 0 amide bonds. The lowest BCUT2D eigenvalue weighted by Gasteiger charge is -2.26. The van der Waals surface area contributed by atoms with E-state index in [1.807, 2.05) is 6.26 Å². The molecule has 0 spiro atoms. The van der Waals surface area contributed by atoms with Crippen LogP contribution in [0.5, 0.6) is 0 Å². The fourth-order valence-electron chi connectivity index (χ4n) is 1.07.